The molecule has 0 aromatic heterocycles. The Morgan fingerprint density at radius 3 is 2.00 bits per heavy atom. The van der Waals surface area contributed by atoms with Crippen molar-refractivity contribution >= 4 is 28.9 Å². The molecular formula is C16H7Cl2F3N4. The first-order chi connectivity index (χ1) is 11.8. The summed E-state index contributed by atoms with van der Waals surface area (Å²) in [7, 11) is 0. The van der Waals surface area contributed by atoms with Gasteiger partial charge in [-0.15, -0.1) is 0 Å². The molecule has 4 nitrogen and oxygen atoms in total. The lowest BCUT2D eigenvalue weighted by Crippen LogP contribution is -2.04. The van der Waals surface area contributed by atoms with Gasteiger partial charge in [0, 0.05) is 0 Å². The van der Waals surface area contributed by atoms with Crippen molar-refractivity contribution in [2.45, 2.75) is 12.2 Å². The largest absolute Gasteiger partial charge is 0.416 e. The Labute approximate surface area is 150 Å². The zero-order valence-electron chi connectivity index (χ0n) is 12.2. The quantitative estimate of drug-likeness (QED) is 0.589. The molecule has 2 aromatic rings. The molecule has 0 radical (unpaired) electrons. The summed E-state index contributed by atoms with van der Waals surface area (Å²) in [5, 5.41) is 24.8. The summed E-state index contributed by atoms with van der Waals surface area (Å²) < 4.78 is 38.1. The lowest BCUT2D eigenvalue weighted by molar-refractivity contribution is -0.137. The second kappa shape index (κ2) is 7.52. The molecule has 126 valence electrons. The van der Waals surface area contributed by atoms with Gasteiger partial charge in [-0.1, -0.05) is 35.3 Å². The maximum absolute atomic E-state index is 12.7. The van der Waals surface area contributed by atoms with Gasteiger partial charge in [0.15, 0.2) is 6.04 Å². The number of rotatable bonds is 3. The highest BCUT2D eigenvalue weighted by molar-refractivity contribution is 6.38. The molecule has 0 saturated heterocycles. The number of alkyl halides is 3. The van der Waals surface area contributed by atoms with Crippen molar-refractivity contribution in [2.24, 2.45) is 10.2 Å². The summed E-state index contributed by atoms with van der Waals surface area (Å²) in [6, 6.07) is 10.2. The molecule has 1 unspecified atom stereocenters. The van der Waals surface area contributed by atoms with Crippen molar-refractivity contribution in [2.75, 3.05) is 0 Å². The van der Waals surface area contributed by atoms with Crippen LogP contribution in [0.5, 0.6) is 0 Å². The smallest absolute Gasteiger partial charge is 0.195 e. The van der Waals surface area contributed by atoms with E-state index in [-0.39, 0.29) is 15.7 Å². The van der Waals surface area contributed by atoms with Crippen LogP contribution in [0.2, 0.25) is 10.0 Å². The zero-order valence-corrected chi connectivity index (χ0v) is 13.7. The Hall–Kier alpha value is -2.61. The number of hydrogen-bond acceptors (Lipinski definition) is 4. The van der Waals surface area contributed by atoms with Crippen molar-refractivity contribution in [1.29, 1.82) is 10.5 Å². The van der Waals surface area contributed by atoms with E-state index in [4.69, 9.17) is 28.5 Å². The van der Waals surface area contributed by atoms with Crippen molar-refractivity contribution in [3.8, 4) is 12.1 Å². The molecule has 0 aliphatic carbocycles. The standard InChI is InChI=1S/C16H7Cl2F3N4/c17-12-5-11(16(19,20)21)6-13(18)15(12)25-24-14(8-23)10-3-1-9(7-22)2-4-10/h1-6,14H. The molecule has 2 aromatic carbocycles. The molecule has 0 spiro atoms. The van der Waals surface area contributed by atoms with Crippen LogP contribution in [0.3, 0.4) is 0 Å². The topological polar surface area (TPSA) is 72.3 Å². The van der Waals surface area contributed by atoms with Gasteiger partial charge in [-0.05, 0) is 29.8 Å². The number of hydrogen-bond donors (Lipinski definition) is 0. The van der Waals surface area contributed by atoms with Gasteiger partial charge in [0.05, 0.1) is 33.3 Å². The van der Waals surface area contributed by atoms with Crippen LogP contribution in [-0.2, 0) is 6.18 Å². The molecular weight excluding hydrogens is 376 g/mol. The highest BCUT2D eigenvalue weighted by atomic mass is 35.5. The van der Waals surface area contributed by atoms with Crippen LogP contribution >= 0.6 is 23.2 Å². The first kappa shape index (κ1) is 18.7. The molecule has 0 aliphatic rings. The molecule has 0 aliphatic heterocycles. The van der Waals surface area contributed by atoms with E-state index < -0.39 is 17.8 Å². The molecule has 0 bridgehead atoms. The highest BCUT2D eigenvalue weighted by Gasteiger charge is 2.32. The van der Waals surface area contributed by atoms with Gasteiger partial charge in [0.1, 0.15) is 5.69 Å². The van der Waals surface area contributed by atoms with E-state index in [0.717, 1.165) is 0 Å². The molecule has 0 N–H and O–H groups in total. The first-order valence-corrected chi connectivity index (χ1v) is 7.38. The van der Waals surface area contributed by atoms with Crippen LogP contribution in [0.4, 0.5) is 18.9 Å². The fraction of sp³-hybridized carbons (Fsp3) is 0.125. The zero-order chi connectivity index (χ0) is 18.6. The lowest BCUT2D eigenvalue weighted by Gasteiger charge is -2.09. The van der Waals surface area contributed by atoms with E-state index in [1.165, 1.54) is 24.3 Å². The van der Waals surface area contributed by atoms with E-state index in [1.54, 1.807) is 0 Å². The maximum Gasteiger partial charge on any atom is 0.416 e. The first-order valence-electron chi connectivity index (χ1n) is 6.63. The van der Waals surface area contributed by atoms with Gasteiger partial charge >= 0.3 is 6.18 Å². The average Bonchev–Trinajstić information content (AvgIpc) is 2.56. The van der Waals surface area contributed by atoms with Crippen molar-refractivity contribution < 1.29 is 13.2 Å². The fourth-order valence-electron chi connectivity index (χ4n) is 1.85. The minimum absolute atomic E-state index is 0.162. The third kappa shape index (κ3) is 4.48. The third-order valence-electron chi connectivity index (χ3n) is 3.10. The minimum Gasteiger partial charge on any atom is -0.195 e. The number of halogens is 5. The Kier molecular flexibility index (Phi) is 5.63. The van der Waals surface area contributed by atoms with E-state index in [9.17, 15) is 18.4 Å². The van der Waals surface area contributed by atoms with Gasteiger partial charge in [-0.25, -0.2) is 0 Å². The summed E-state index contributed by atoms with van der Waals surface area (Å²) in [6.07, 6.45) is -4.60. The molecule has 0 fully saturated rings. The van der Waals surface area contributed by atoms with Crippen LogP contribution in [0.1, 0.15) is 22.7 Å². The predicted molar refractivity (Wildman–Crippen MR) is 85.5 cm³/mol. The summed E-state index contributed by atoms with van der Waals surface area (Å²) in [5.41, 5.74) is -0.300. The highest BCUT2D eigenvalue weighted by Crippen LogP contribution is 2.40. The normalized spacial score (nSPS) is 12.6. The number of nitriles is 2. The van der Waals surface area contributed by atoms with Gasteiger partial charge in [0.25, 0.3) is 0 Å². The Balaban J connectivity index is 2.34. The van der Waals surface area contributed by atoms with Crippen LogP contribution in [0.15, 0.2) is 46.6 Å². The summed E-state index contributed by atoms with van der Waals surface area (Å²) >= 11 is 11.6. The Bertz CT molecular complexity index is 871. The second-order valence-corrected chi connectivity index (χ2v) is 5.58. The minimum atomic E-state index is -4.60. The SMILES string of the molecule is N#Cc1ccc(C(C#N)N=Nc2c(Cl)cc(C(F)(F)F)cc2Cl)cc1. The van der Waals surface area contributed by atoms with Gasteiger partial charge < -0.3 is 0 Å². The summed E-state index contributed by atoms with van der Waals surface area (Å²) in [6.45, 7) is 0. The van der Waals surface area contributed by atoms with Crippen molar-refractivity contribution in [1.82, 2.24) is 0 Å². The number of azo groups is 1. The summed E-state index contributed by atoms with van der Waals surface area (Å²) in [5.74, 6) is 0. The van der Waals surface area contributed by atoms with Crippen LogP contribution in [0, 0.1) is 22.7 Å². The third-order valence-corrected chi connectivity index (χ3v) is 3.67. The van der Waals surface area contributed by atoms with Gasteiger partial charge in [-0.3, -0.25) is 0 Å². The Morgan fingerprint density at radius 2 is 1.56 bits per heavy atom. The molecule has 25 heavy (non-hydrogen) atoms. The monoisotopic (exact) mass is 382 g/mol. The average molecular weight is 383 g/mol. The van der Waals surface area contributed by atoms with Gasteiger partial charge in [-0.2, -0.15) is 33.9 Å². The van der Waals surface area contributed by atoms with E-state index >= 15 is 0 Å². The van der Waals surface area contributed by atoms with E-state index in [2.05, 4.69) is 10.2 Å². The van der Waals surface area contributed by atoms with Crippen molar-refractivity contribution in [3.63, 3.8) is 0 Å². The Morgan fingerprint density at radius 1 is 1.00 bits per heavy atom. The van der Waals surface area contributed by atoms with E-state index in [1.807, 2.05) is 12.1 Å². The van der Waals surface area contributed by atoms with Crippen molar-refractivity contribution in [3.05, 3.63) is 63.1 Å². The molecule has 0 heterocycles. The molecule has 0 saturated carbocycles. The molecule has 2 rings (SSSR count). The number of nitrogens with zero attached hydrogens (tertiary/aromatic N) is 4. The number of benzene rings is 2. The predicted octanol–water partition coefficient (Wildman–Crippen LogP) is 6.23. The van der Waals surface area contributed by atoms with Crippen LogP contribution < -0.4 is 0 Å². The summed E-state index contributed by atoms with van der Waals surface area (Å²) in [4.78, 5) is 0. The van der Waals surface area contributed by atoms with E-state index in [0.29, 0.717) is 23.3 Å². The van der Waals surface area contributed by atoms with Crippen LogP contribution in [-0.4, -0.2) is 0 Å². The maximum atomic E-state index is 12.7. The molecule has 9 heteroatoms. The second-order valence-electron chi connectivity index (χ2n) is 4.77. The molecule has 1 atom stereocenters. The fourth-order valence-corrected chi connectivity index (χ4v) is 2.41. The van der Waals surface area contributed by atoms with Crippen LogP contribution in [0.25, 0.3) is 0 Å². The van der Waals surface area contributed by atoms with Gasteiger partial charge in [0.2, 0.25) is 0 Å². The molecule has 0 amide bonds. The lowest BCUT2D eigenvalue weighted by atomic mass is 10.1.